The number of aliphatic hydroxyl groups is 1. The maximum atomic E-state index is 14.7. The lowest BCUT2D eigenvalue weighted by molar-refractivity contribution is -0.292. The summed E-state index contributed by atoms with van der Waals surface area (Å²) in [5.41, 5.74) is -2.67. The summed E-state index contributed by atoms with van der Waals surface area (Å²) in [4.78, 5) is 10.4. The molecule has 0 unspecified atom stereocenters. The van der Waals surface area contributed by atoms with Gasteiger partial charge in [0.25, 0.3) is 0 Å². The minimum atomic E-state index is -4.90. The number of likely N-dealkylation sites (tertiary alicyclic amines) is 1. The van der Waals surface area contributed by atoms with Gasteiger partial charge in [-0.15, -0.1) is 0 Å². The van der Waals surface area contributed by atoms with E-state index in [-0.39, 0.29) is 29.9 Å². The number of halogens is 4. The van der Waals surface area contributed by atoms with Crippen LogP contribution < -0.4 is 5.32 Å². The quantitative estimate of drug-likeness (QED) is 0.384. The summed E-state index contributed by atoms with van der Waals surface area (Å²) < 4.78 is 59.0. The highest BCUT2D eigenvalue weighted by Crippen LogP contribution is 2.47. The van der Waals surface area contributed by atoms with Gasteiger partial charge in [-0.2, -0.15) is 18.3 Å². The molecule has 0 aliphatic carbocycles. The van der Waals surface area contributed by atoms with Crippen molar-refractivity contribution >= 4 is 22.4 Å². The molecule has 0 saturated carbocycles. The van der Waals surface area contributed by atoms with Crippen molar-refractivity contribution in [2.24, 2.45) is 5.92 Å². The predicted molar refractivity (Wildman–Crippen MR) is 127 cm³/mol. The highest BCUT2D eigenvalue weighted by molar-refractivity contribution is 5.81. The maximum absolute atomic E-state index is 14.7. The van der Waals surface area contributed by atoms with Gasteiger partial charge in [0.1, 0.15) is 11.6 Å². The van der Waals surface area contributed by atoms with Crippen molar-refractivity contribution in [3.63, 3.8) is 0 Å². The number of hydrogen-bond acceptors (Lipinski definition) is 6. The number of rotatable bonds is 5. The second-order valence-electron chi connectivity index (χ2n) is 9.04. The number of hydrogen-bond donors (Lipinski definition) is 2. The summed E-state index contributed by atoms with van der Waals surface area (Å²) in [5.74, 6) is -1.37. The third-order valence-corrected chi connectivity index (χ3v) is 6.69. The normalized spacial score (nSPS) is 17.3. The van der Waals surface area contributed by atoms with Gasteiger partial charge in [-0.25, -0.2) is 19.0 Å². The second kappa shape index (κ2) is 9.14. The van der Waals surface area contributed by atoms with E-state index in [1.807, 2.05) is 11.9 Å². The van der Waals surface area contributed by atoms with E-state index in [0.717, 1.165) is 0 Å². The van der Waals surface area contributed by atoms with Gasteiger partial charge in [0.15, 0.2) is 0 Å². The Morgan fingerprint density at radius 3 is 2.53 bits per heavy atom. The van der Waals surface area contributed by atoms with E-state index in [1.54, 1.807) is 24.5 Å². The average Bonchev–Trinajstić information content (AvgIpc) is 3.39. The Hall–Kier alpha value is -3.57. The first kappa shape index (κ1) is 24.1. The van der Waals surface area contributed by atoms with Crippen molar-refractivity contribution in [2.75, 3.05) is 25.5 Å². The van der Waals surface area contributed by atoms with Crippen molar-refractivity contribution in [2.45, 2.75) is 24.6 Å². The van der Waals surface area contributed by atoms with Gasteiger partial charge in [-0.3, -0.25) is 0 Å². The minimum Gasteiger partial charge on any atom is -0.375 e. The Labute approximate surface area is 204 Å². The first-order chi connectivity index (χ1) is 17.1. The number of piperidine rings is 1. The molecule has 4 heterocycles. The molecule has 36 heavy (non-hydrogen) atoms. The summed E-state index contributed by atoms with van der Waals surface area (Å²) >= 11 is 0. The molecular formula is C25H24F4N6O. The fraction of sp³-hybridized carbons (Fsp3) is 0.320. The molecule has 5 rings (SSSR count). The van der Waals surface area contributed by atoms with Crippen molar-refractivity contribution in [3.8, 4) is 5.69 Å². The zero-order chi connectivity index (χ0) is 25.5. The standard InChI is InChI=1S/C25H24F4N6O/c1-34-11-7-17(8-12-34)24(36,25(27,28)29)22-6-3-16-15-30-23(14-21(16)32-22)33-20-5-4-18(13-19(20)26)35-10-2-9-31-35/h2-6,9-10,13-15,17,36H,7-8,11-12H2,1H3,(H,30,33)/t24-/m1/s1. The number of nitrogens with zero attached hydrogens (tertiary/aromatic N) is 5. The third-order valence-electron chi connectivity index (χ3n) is 6.69. The van der Waals surface area contributed by atoms with Crippen LogP contribution in [0.4, 0.5) is 29.1 Å². The average molecular weight is 501 g/mol. The molecule has 1 fully saturated rings. The van der Waals surface area contributed by atoms with E-state index in [4.69, 9.17) is 0 Å². The molecule has 0 radical (unpaired) electrons. The third kappa shape index (κ3) is 4.40. The van der Waals surface area contributed by atoms with Gasteiger partial charge < -0.3 is 15.3 Å². The number of anilines is 2. The van der Waals surface area contributed by atoms with Crippen molar-refractivity contribution < 1.29 is 22.7 Å². The summed E-state index contributed by atoms with van der Waals surface area (Å²) in [5, 5.41) is 18.4. The molecule has 3 aromatic heterocycles. The van der Waals surface area contributed by atoms with E-state index < -0.39 is 29.2 Å². The molecule has 1 atom stereocenters. The molecule has 0 amide bonds. The highest BCUT2D eigenvalue weighted by Gasteiger charge is 2.60. The van der Waals surface area contributed by atoms with Gasteiger partial charge in [0, 0.05) is 42.0 Å². The Bertz CT molecular complexity index is 1370. The van der Waals surface area contributed by atoms with Crippen LogP contribution in [0.5, 0.6) is 0 Å². The molecule has 1 aromatic carbocycles. The molecule has 7 nitrogen and oxygen atoms in total. The fourth-order valence-electron chi connectivity index (χ4n) is 4.62. The fourth-order valence-corrected chi connectivity index (χ4v) is 4.62. The molecule has 11 heteroatoms. The lowest BCUT2D eigenvalue weighted by Gasteiger charge is -2.41. The Kier molecular flexibility index (Phi) is 6.13. The largest absolute Gasteiger partial charge is 0.423 e. The summed E-state index contributed by atoms with van der Waals surface area (Å²) in [6, 6.07) is 10.3. The highest BCUT2D eigenvalue weighted by atomic mass is 19.4. The molecule has 2 N–H and O–H groups in total. The van der Waals surface area contributed by atoms with Crippen LogP contribution in [0, 0.1) is 11.7 Å². The van der Waals surface area contributed by atoms with Crippen LogP contribution in [0.25, 0.3) is 16.6 Å². The van der Waals surface area contributed by atoms with E-state index in [0.29, 0.717) is 24.2 Å². The number of pyridine rings is 2. The van der Waals surface area contributed by atoms with Crippen LogP contribution in [-0.4, -0.2) is 56.1 Å². The van der Waals surface area contributed by atoms with Gasteiger partial charge in [0.2, 0.25) is 5.60 Å². The molecule has 1 aliphatic rings. The van der Waals surface area contributed by atoms with Crippen LogP contribution in [0.3, 0.4) is 0 Å². The van der Waals surface area contributed by atoms with E-state index >= 15 is 0 Å². The zero-order valence-electron chi connectivity index (χ0n) is 19.4. The number of alkyl halides is 3. The monoisotopic (exact) mass is 500 g/mol. The van der Waals surface area contributed by atoms with Crippen molar-refractivity contribution in [1.82, 2.24) is 24.6 Å². The van der Waals surface area contributed by atoms with Crippen LogP contribution >= 0.6 is 0 Å². The molecule has 0 bridgehead atoms. The smallest absolute Gasteiger partial charge is 0.375 e. The van der Waals surface area contributed by atoms with Crippen LogP contribution in [0.2, 0.25) is 0 Å². The summed E-state index contributed by atoms with van der Waals surface area (Å²) in [6.07, 6.45) is 0.196. The molecule has 4 aromatic rings. The lowest BCUT2D eigenvalue weighted by atomic mass is 9.77. The van der Waals surface area contributed by atoms with Gasteiger partial charge in [-0.1, -0.05) is 0 Å². The molecule has 0 spiro atoms. The minimum absolute atomic E-state index is 0.132. The van der Waals surface area contributed by atoms with Crippen LogP contribution in [0.15, 0.2) is 61.1 Å². The molecule has 1 saturated heterocycles. The Morgan fingerprint density at radius 1 is 1.08 bits per heavy atom. The van der Waals surface area contributed by atoms with Crippen molar-refractivity contribution in [3.05, 3.63) is 72.6 Å². The lowest BCUT2D eigenvalue weighted by Crippen LogP contribution is -2.52. The SMILES string of the molecule is CN1CCC([C@@](O)(c2ccc3cnc(Nc4ccc(-n5cccn5)cc4F)cc3n2)C(F)(F)F)CC1. The maximum Gasteiger partial charge on any atom is 0.423 e. The Morgan fingerprint density at radius 2 is 1.86 bits per heavy atom. The first-order valence-corrected chi connectivity index (χ1v) is 11.5. The number of aromatic nitrogens is 4. The number of benzene rings is 1. The topological polar surface area (TPSA) is 79.1 Å². The predicted octanol–water partition coefficient (Wildman–Crippen LogP) is 4.79. The van der Waals surface area contributed by atoms with Crippen LogP contribution in [-0.2, 0) is 5.60 Å². The van der Waals surface area contributed by atoms with E-state index in [2.05, 4.69) is 20.4 Å². The van der Waals surface area contributed by atoms with Crippen molar-refractivity contribution in [1.29, 1.82) is 0 Å². The van der Waals surface area contributed by atoms with Crippen LogP contribution in [0.1, 0.15) is 18.5 Å². The van der Waals surface area contributed by atoms with Gasteiger partial charge in [0.05, 0.1) is 22.6 Å². The Balaban J connectivity index is 1.46. The number of fused-ring (bicyclic) bond motifs is 1. The number of nitrogens with one attached hydrogen (secondary N) is 1. The van der Waals surface area contributed by atoms with E-state index in [9.17, 15) is 22.7 Å². The second-order valence-corrected chi connectivity index (χ2v) is 9.04. The molecule has 1 aliphatic heterocycles. The summed E-state index contributed by atoms with van der Waals surface area (Å²) in [7, 11) is 1.84. The van der Waals surface area contributed by atoms with Gasteiger partial charge in [-0.05, 0) is 63.3 Å². The zero-order valence-corrected chi connectivity index (χ0v) is 19.4. The van der Waals surface area contributed by atoms with Gasteiger partial charge >= 0.3 is 6.18 Å². The summed E-state index contributed by atoms with van der Waals surface area (Å²) in [6.45, 7) is 0.915. The first-order valence-electron chi connectivity index (χ1n) is 11.5. The molecular weight excluding hydrogens is 476 g/mol. The molecule has 188 valence electrons. The van der Waals surface area contributed by atoms with E-state index in [1.165, 1.54) is 41.2 Å².